The van der Waals surface area contributed by atoms with Crippen molar-refractivity contribution in [1.82, 2.24) is 10.3 Å². The molecule has 0 saturated heterocycles. The van der Waals surface area contributed by atoms with Crippen molar-refractivity contribution in [3.8, 4) is 0 Å². The van der Waals surface area contributed by atoms with Crippen LogP contribution in [0.25, 0.3) is 0 Å². The smallest absolute Gasteiger partial charge is 0.207 e. The second-order valence-corrected chi connectivity index (χ2v) is 5.84. The van der Waals surface area contributed by atoms with Gasteiger partial charge in [0.05, 0.1) is 5.02 Å². The Morgan fingerprint density at radius 3 is 2.81 bits per heavy atom. The third-order valence-corrected chi connectivity index (χ3v) is 4.44. The largest absolute Gasteiger partial charge is 0.355 e. The van der Waals surface area contributed by atoms with Crippen LogP contribution in [0.3, 0.4) is 0 Å². The van der Waals surface area contributed by atoms with E-state index in [1.807, 2.05) is 0 Å². The van der Waals surface area contributed by atoms with E-state index in [1.165, 1.54) is 11.8 Å². The summed E-state index contributed by atoms with van der Waals surface area (Å²) in [6.07, 6.45) is 2.94. The van der Waals surface area contributed by atoms with E-state index in [-0.39, 0.29) is 6.54 Å². The van der Waals surface area contributed by atoms with Crippen LogP contribution in [0.4, 0.5) is 0 Å². The number of benzene rings is 1. The van der Waals surface area contributed by atoms with Crippen molar-refractivity contribution in [2.45, 2.75) is 16.5 Å². The Morgan fingerprint density at radius 2 is 2.10 bits per heavy atom. The number of halogens is 2. The second kappa shape index (κ2) is 7.45. The van der Waals surface area contributed by atoms with Crippen molar-refractivity contribution in [3.05, 3.63) is 51.6 Å². The molecule has 0 spiro atoms. The van der Waals surface area contributed by atoms with Gasteiger partial charge in [0.25, 0.3) is 0 Å². The van der Waals surface area contributed by atoms with Crippen LogP contribution in [0.2, 0.25) is 10.0 Å². The molecule has 108 valence electrons. The first-order chi connectivity index (χ1) is 10.2. The Bertz CT molecular complexity index is 680. The first kappa shape index (κ1) is 15.8. The highest BCUT2D eigenvalue weighted by Crippen LogP contribution is 2.38. The number of rotatable bonds is 6. The number of nitrogens with zero attached hydrogens (tertiary/aromatic N) is 1. The zero-order valence-corrected chi connectivity index (χ0v) is 13.0. The zero-order chi connectivity index (χ0) is 15.2. The number of carbonyl (C=O) groups excluding carboxylic acids is 2. The highest BCUT2D eigenvalue weighted by atomic mass is 35.5. The molecule has 1 heterocycles. The number of aromatic nitrogens is 1. The van der Waals surface area contributed by atoms with Crippen molar-refractivity contribution < 1.29 is 9.59 Å². The molecule has 21 heavy (non-hydrogen) atoms. The summed E-state index contributed by atoms with van der Waals surface area (Å²) in [7, 11) is 0. The highest BCUT2D eigenvalue weighted by Gasteiger charge is 2.13. The molecule has 2 rings (SSSR count). The Balaban J connectivity index is 2.42. The van der Waals surface area contributed by atoms with Gasteiger partial charge in [-0.25, -0.2) is 4.98 Å². The molecule has 0 bridgehead atoms. The fourth-order valence-electron chi connectivity index (χ4n) is 1.69. The average Bonchev–Trinajstić information content (AvgIpc) is 2.48. The number of aldehydes is 1. The molecule has 7 heteroatoms. The van der Waals surface area contributed by atoms with Crippen LogP contribution in [0.15, 0.2) is 40.4 Å². The fourth-order valence-corrected chi connectivity index (χ4v) is 3.30. The summed E-state index contributed by atoms with van der Waals surface area (Å²) in [4.78, 5) is 26.4. The van der Waals surface area contributed by atoms with Crippen LogP contribution in [0, 0.1) is 0 Å². The van der Waals surface area contributed by atoms with E-state index in [1.54, 1.807) is 30.5 Å². The molecule has 0 unspecified atom stereocenters. The molecule has 0 radical (unpaired) electrons. The predicted molar refractivity (Wildman–Crippen MR) is 83.1 cm³/mol. The first-order valence-electron chi connectivity index (χ1n) is 5.88. The van der Waals surface area contributed by atoms with Gasteiger partial charge in [-0.2, -0.15) is 0 Å². The van der Waals surface area contributed by atoms with Gasteiger partial charge in [-0.15, -0.1) is 0 Å². The number of hydrogen-bond donors (Lipinski definition) is 1. The minimum absolute atomic E-state index is 0.287. The molecule has 4 nitrogen and oxygen atoms in total. The first-order valence-corrected chi connectivity index (χ1v) is 7.46. The summed E-state index contributed by atoms with van der Waals surface area (Å²) in [5.74, 6) is 0. The summed E-state index contributed by atoms with van der Waals surface area (Å²) in [6.45, 7) is 0.287. The van der Waals surface area contributed by atoms with Crippen molar-refractivity contribution >= 4 is 47.7 Å². The lowest BCUT2D eigenvalue weighted by Gasteiger charge is -2.12. The molecule has 0 aliphatic rings. The van der Waals surface area contributed by atoms with Crippen molar-refractivity contribution in [2.24, 2.45) is 0 Å². The van der Waals surface area contributed by atoms with Gasteiger partial charge < -0.3 is 5.32 Å². The molecule has 1 aromatic carbocycles. The number of carbonyl (C=O) groups is 2. The van der Waals surface area contributed by atoms with E-state index in [4.69, 9.17) is 23.2 Å². The van der Waals surface area contributed by atoms with Crippen LogP contribution < -0.4 is 5.32 Å². The lowest BCUT2D eigenvalue weighted by atomic mass is 10.2. The standard InChI is InChI=1S/C14H10Cl2N2O2S/c15-11-4-10(6-17-8-20)13(12(16)5-11)21-14-9(7-19)2-1-3-18-14/h1-5,7-8H,6H2,(H,17,20). The maximum Gasteiger partial charge on any atom is 0.207 e. The van der Waals surface area contributed by atoms with E-state index in [9.17, 15) is 9.59 Å². The lowest BCUT2D eigenvalue weighted by Crippen LogP contribution is -2.10. The van der Waals surface area contributed by atoms with E-state index in [0.717, 1.165) is 11.8 Å². The molecule has 2 aromatic rings. The second-order valence-electron chi connectivity index (χ2n) is 3.99. The molecule has 0 aliphatic carbocycles. The van der Waals surface area contributed by atoms with Gasteiger partial charge in [-0.3, -0.25) is 9.59 Å². The van der Waals surface area contributed by atoms with Crippen LogP contribution >= 0.6 is 35.0 Å². The molecular formula is C14H10Cl2N2O2S. The van der Waals surface area contributed by atoms with Gasteiger partial charge >= 0.3 is 0 Å². The molecular weight excluding hydrogens is 331 g/mol. The Labute approximate surface area is 135 Å². The SMILES string of the molecule is O=CNCc1cc(Cl)cc(Cl)c1Sc1ncccc1C=O. The van der Waals surface area contributed by atoms with E-state index in [0.29, 0.717) is 31.9 Å². The molecule has 1 aromatic heterocycles. The third-order valence-electron chi connectivity index (χ3n) is 2.59. The van der Waals surface area contributed by atoms with E-state index < -0.39 is 0 Å². The molecule has 0 saturated carbocycles. The summed E-state index contributed by atoms with van der Waals surface area (Å²) in [6, 6.07) is 6.69. The Morgan fingerprint density at radius 1 is 1.29 bits per heavy atom. The van der Waals surface area contributed by atoms with Crippen molar-refractivity contribution in [3.63, 3.8) is 0 Å². The van der Waals surface area contributed by atoms with E-state index in [2.05, 4.69) is 10.3 Å². The molecule has 1 N–H and O–H groups in total. The van der Waals surface area contributed by atoms with Gasteiger partial charge in [-0.1, -0.05) is 35.0 Å². The van der Waals surface area contributed by atoms with Gasteiger partial charge in [-0.05, 0) is 29.8 Å². The number of amides is 1. The Kier molecular flexibility index (Phi) is 5.61. The summed E-state index contributed by atoms with van der Waals surface area (Å²) < 4.78 is 0. The van der Waals surface area contributed by atoms with Crippen LogP contribution in [-0.4, -0.2) is 17.7 Å². The molecule has 0 atom stereocenters. The van der Waals surface area contributed by atoms with Gasteiger partial charge in [0, 0.05) is 28.2 Å². The lowest BCUT2D eigenvalue weighted by molar-refractivity contribution is -0.109. The monoisotopic (exact) mass is 340 g/mol. The topological polar surface area (TPSA) is 59.1 Å². The van der Waals surface area contributed by atoms with Crippen molar-refractivity contribution in [1.29, 1.82) is 0 Å². The Hall–Kier alpha value is -1.56. The molecule has 0 fully saturated rings. The minimum Gasteiger partial charge on any atom is -0.355 e. The summed E-state index contributed by atoms with van der Waals surface area (Å²) in [5, 5.41) is 4.04. The normalized spacial score (nSPS) is 10.2. The zero-order valence-electron chi connectivity index (χ0n) is 10.7. The van der Waals surface area contributed by atoms with Gasteiger partial charge in [0.1, 0.15) is 5.03 Å². The summed E-state index contributed by atoms with van der Waals surface area (Å²) in [5.41, 5.74) is 1.23. The van der Waals surface area contributed by atoms with Gasteiger partial charge in [0.2, 0.25) is 6.41 Å². The van der Waals surface area contributed by atoms with Crippen LogP contribution in [-0.2, 0) is 11.3 Å². The number of nitrogens with one attached hydrogen (secondary N) is 1. The van der Waals surface area contributed by atoms with E-state index >= 15 is 0 Å². The van der Waals surface area contributed by atoms with Crippen molar-refractivity contribution in [2.75, 3.05) is 0 Å². The summed E-state index contributed by atoms with van der Waals surface area (Å²) >= 11 is 13.5. The number of hydrogen-bond acceptors (Lipinski definition) is 4. The average molecular weight is 341 g/mol. The maximum absolute atomic E-state index is 11.0. The maximum atomic E-state index is 11.0. The molecule has 1 amide bonds. The highest BCUT2D eigenvalue weighted by molar-refractivity contribution is 7.99. The van der Waals surface area contributed by atoms with Crippen LogP contribution in [0.5, 0.6) is 0 Å². The third kappa shape index (κ3) is 3.97. The molecule has 0 aliphatic heterocycles. The quantitative estimate of drug-likeness (QED) is 0.816. The fraction of sp³-hybridized carbons (Fsp3) is 0.0714. The minimum atomic E-state index is 0.287. The van der Waals surface area contributed by atoms with Crippen LogP contribution in [0.1, 0.15) is 15.9 Å². The predicted octanol–water partition coefficient (Wildman–Crippen LogP) is 3.60. The number of pyridine rings is 1. The van der Waals surface area contributed by atoms with Gasteiger partial charge in [0.15, 0.2) is 6.29 Å².